The minimum atomic E-state index is -0.420. The van der Waals surface area contributed by atoms with Crippen LogP contribution in [-0.4, -0.2) is 22.1 Å². The smallest absolute Gasteiger partial charge is 0.0890 e. The van der Waals surface area contributed by atoms with Crippen molar-refractivity contribution >= 4 is 11.0 Å². The zero-order chi connectivity index (χ0) is 11.6. The molecule has 0 aliphatic rings. The minimum Gasteiger partial charge on any atom is -0.329 e. The molecule has 1 heterocycles. The molecular formula is C12H16N4. The van der Waals surface area contributed by atoms with Crippen LogP contribution < -0.4 is 11.5 Å². The third-order valence-corrected chi connectivity index (χ3v) is 2.55. The summed E-state index contributed by atoms with van der Waals surface area (Å²) in [5.41, 5.74) is 13.9. The summed E-state index contributed by atoms with van der Waals surface area (Å²) in [5, 5.41) is 0. The van der Waals surface area contributed by atoms with Gasteiger partial charge < -0.3 is 11.5 Å². The molecule has 2 aromatic rings. The third kappa shape index (κ3) is 2.35. The fraction of sp³-hybridized carbons (Fsp3) is 0.333. The van der Waals surface area contributed by atoms with E-state index in [0.29, 0.717) is 13.0 Å². The van der Waals surface area contributed by atoms with Crippen molar-refractivity contribution in [1.29, 1.82) is 0 Å². The van der Waals surface area contributed by atoms with Crippen LogP contribution in [0.5, 0.6) is 0 Å². The molecule has 0 amide bonds. The Morgan fingerprint density at radius 1 is 1.25 bits per heavy atom. The molecule has 0 saturated heterocycles. The van der Waals surface area contributed by atoms with Gasteiger partial charge in [-0.2, -0.15) is 0 Å². The van der Waals surface area contributed by atoms with Gasteiger partial charge in [0.05, 0.1) is 16.7 Å². The predicted octanol–water partition coefficient (Wildman–Crippen LogP) is 0.848. The number of hydrogen-bond donors (Lipinski definition) is 2. The van der Waals surface area contributed by atoms with Crippen LogP contribution in [0.25, 0.3) is 11.0 Å². The van der Waals surface area contributed by atoms with E-state index in [4.69, 9.17) is 11.5 Å². The van der Waals surface area contributed by atoms with Gasteiger partial charge in [-0.1, -0.05) is 12.1 Å². The van der Waals surface area contributed by atoms with Gasteiger partial charge in [0.25, 0.3) is 0 Å². The van der Waals surface area contributed by atoms with E-state index in [1.165, 1.54) is 0 Å². The molecule has 0 saturated carbocycles. The zero-order valence-electron chi connectivity index (χ0n) is 9.35. The maximum Gasteiger partial charge on any atom is 0.0890 e. The van der Waals surface area contributed by atoms with Crippen LogP contribution in [0.1, 0.15) is 12.6 Å². The standard InChI is InChI=1S/C12H16N4/c1-12(14,8-13)6-9-7-15-10-4-2-3-5-11(10)16-9/h2-5,7H,6,8,13-14H2,1H3. The first-order chi connectivity index (χ1) is 7.61. The number of para-hydroxylation sites is 2. The van der Waals surface area contributed by atoms with Crippen LogP contribution in [0.2, 0.25) is 0 Å². The van der Waals surface area contributed by atoms with Crippen molar-refractivity contribution in [2.45, 2.75) is 18.9 Å². The van der Waals surface area contributed by atoms with Crippen LogP contribution >= 0.6 is 0 Å². The fourth-order valence-corrected chi connectivity index (χ4v) is 1.57. The van der Waals surface area contributed by atoms with E-state index in [2.05, 4.69) is 9.97 Å². The van der Waals surface area contributed by atoms with E-state index < -0.39 is 5.54 Å². The van der Waals surface area contributed by atoms with Crippen molar-refractivity contribution in [1.82, 2.24) is 9.97 Å². The first-order valence-corrected chi connectivity index (χ1v) is 5.30. The van der Waals surface area contributed by atoms with Gasteiger partial charge >= 0.3 is 0 Å². The summed E-state index contributed by atoms with van der Waals surface area (Å²) in [4.78, 5) is 8.85. The van der Waals surface area contributed by atoms with Crippen LogP contribution in [0.15, 0.2) is 30.5 Å². The van der Waals surface area contributed by atoms with E-state index in [-0.39, 0.29) is 0 Å². The van der Waals surface area contributed by atoms with Gasteiger partial charge in [0.2, 0.25) is 0 Å². The number of rotatable bonds is 3. The lowest BCUT2D eigenvalue weighted by Crippen LogP contribution is -2.46. The molecule has 0 aliphatic carbocycles. The van der Waals surface area contributed by atoms with Crippen molar-refractivity contribution in [3.63, 3.8) is 0 Å². The summed E-state index contributed by atoms with van der Waals surface area (Å²) < 4.78 is 0. The Bertz CT molecular complexity index is 493. The molecule has 0 spiro atoms. The average molecular weight is 216 g/mol. The van der Waals surface area contributed by atoms with Crippen molar-refractivity contribution in [3.8, 4) is 0 Å². The average Bonchev–Trinajstić information content (AvgIpc) is 2.28. The Kier molecular flexibility index (Phi) is 2.85. The van der Waals surface area contributed by atoms with Gasteiger partial charge in [-0.15, -0.1) is 0 Å². The lowest BCUT2D eigenvalue weighted by molar-refractivity contribution is 0.472. The lowest BCUT2D eigenvalue weighted by atomic mass is 9.98. The minimum absolute atomic E-state index is 0.420. The molecule has 0 radical (unpaired) electrons. The molecule has 0 aliphatic heterocycles. The highest BCUT2D eigenvalue weighted by atomic mass is 14.8. The maximum atomic E-state index is 6.00. The summed E-state index contributed by atoms with van der Waals surface area (Å²) >= 11 is 0. The van der Waals surface area contributed by atoms with Crippen molar-refractivity contribution in [2.75, 3.05) is 6.54 Å². The molecule has 1 aromatic heterocycles. The van der Waals surface area contributed by atoms with Crippen LogP contribution in [0.3, 0.4) is 0 Å². The summed E-state index contributed by atoms with van der Waals surface area (Å²) in [6, 6.07) is 7.79. The van der Waals surface area contributed by atoms with E-state index >= 15 is 0 Å². The predicted molar refractivity (Wildman–Crippen MR) is 64.9 cm³/mol. The Morgan fingerprint density at radius 3 is 2.62 bits per heavy atom. The third-order valence-electron chi connectivity index (χ3n) is 2.55. The summed E-state index contributed by atoms with van der Waals surface area (Å²) in [5.74, 6) is 0. The molecule has 0 bridgehead atoms. The molecule has 1 aromatic carbocycles. The lowest BCUT2D eigenvalue weighted by Gasteiger charge is -2.21. The Morgan fingerprint density at radius 2 is 1.94 bits per heavy atom. The SMILES string of the molecule is CC(N)(CN)Cc1cnc2ccccc2n1. The molecule has 84 valence electrons. The first-order valence-electron chi connectivity index (χ1n) is 5.30. The van der Waals surface area contributed by atoms with E-state index in [0.717, 1.165) is 16.7 Å². The Balaban J connectivity index is 2.33. The highest BCUT2D eigenvalue weighted by molar-refractivity contribution is 5.73. The number of nitrogens with two attached hydrogens (primary N) is 2. The monoisotopic (exact) mass is 216 g/mol. The highest BCUT2D eigenvalue weighted by Crippen LogP contribution is 2.11. The number of nitrogens with zero attached hydrogens (tertiary/aromatic N) is 2. The number of aromatic nitrogens is 2. The molecule has 1 unspecified atom stereocenters. The highest BCUT2D eigenvalue weighted by Gasteiger charge is 2.17. The van der Waals surface area contributed by atoms with Crippen LogP contribution in [-0.2, 0) is 6.42 Å². The van der Waals surface area contributed by atoms with E-state index in [1.807, 2.05) is 31.2 Å². The number of fused-ring (bicyclic) bond motifs is 1. The van der Waals surface area contributed by atoms with Crippen molar-refractivity contribution in [2.24, 2.45) is 11.5 Å². The fourth-order valence-electron chi connectivity index (χ4n) is 1.57. The van der Waals surface area contributed by atoms with Gasteiger partial charge in [-0.05, 0) is 19.1 Å². The molecule has 16 heavy (non-hydrogen) atoms. The van der Waals surface area contributed by atoms with Crippen molar-refractivity contribution in [3.05, 3.63) is 36.2 Å². The Labute approximate surface area is 94.7 Å². The van der Waals surface area contributed by atoms with Crippen molar-refractivity contribution < 1.29 is 0 Å². The number of hydrogen-bond acceptors (Lipinski definition) is 4. The summed E-state index contributed by atoms with van der Waals surface area (Å²) in [7, 11) is 0. The molecular weight excluding hydrogens is 200 g/mol. The van der Waals surface area contributed by atoms with Gasteiger partial charge in [-0.3, -0.25) is 4.98 Å². The van der Waals surface area contributed by atoms with Gasteiger partial charge in [-0.25, -0.2) is 4.98 Å². The second-order valence-electron chi connectivity index (χ2n) is 4.38. The topological polar surface area (TPSA) is 77.8 Å². The second-order valence-corrected chi connectivity index (χ2v) is 4.38. The van der Waals surface area contributed by atoms with Gasteiger partial charge in [0.1, 0.15) is 0 Å². The van der Waals surface area contributed by atoms with E-state index in [9.17, 15) is 0 Å². The second kappa shape index (κ2) is 4.15. The van der Waals surface area contributed by atoms with E-state index in [1.54, 1.807) is 6.20 Å². The molecule has 4 N–H and O–H groups in total. The number of benzene rings is 1. The molecule has 0 fully saturated rings. The first kappa shape index (κ1) is 11.0. The Hall–Kier alpha value is -1.52. The normalized spacial score (nSPS) is 14.9. The molecule has 2 rings (SSSR count). The van der Waals surface area contributed by atoms with Gasteiger partial charge in [0, 0.05) is 24.7 Å². The summed E-state index contributed by atoms with van der Waals surface area (Å²) in [6.07, 6.45) is 2.41. The zero-order valence-corrected chi connectivity index (χ0v) is 9.35. The molecule has 4 heteroatoms. The van der Waals surface area contributed by atoms with Gasteiger partial charge in [0.15, 0.2) is 0 Å². The molecule has 4 nitrogen and oxygen atoms in total. The maximum absolute atomic E-state index is 6.00. The largest absolute Gasteiger partial charge is 0.329 e. The quantitative estimate of drug-likeness (QED) is 0.797. The van der Waals surface area contributed by atoms with Crippen LogP contribution in [0.4, 0.5) is 0 Å². The summed E-state index contributed by atoms with van der Waals surface area (Å²) in [6.45, 7) is 2.35. The van der Waals surface area contributed by atoms with Crippen LogP contribution in [0, 0.1) is 0 Å². The molecule has 1 atom stereocenters.